The maximum Gasteiger partial charge on any atom is 0.248 e. The van der Waals surface area contributed by atoms with Crippen LogP contribution in [0.4, 0.5) is 5.69 Å². The van der Waals surface area contributed by atoms with Gasteiger partial charge in [-0.05, 0) is 42.3 Å². The van der Waals surface area contributed by atoms with E-state index in [0.717, 1.165) is 11.1 Å². The van der Waals surface area contributed by atoms with Crippen molar-refractivity contribution in [1.82, 2.24) is 0 Å². The number of aryl methyl sites for hydroxylation is 1. The molecule has 0 aliphatic rings. The zero-order chi connectivity index (χ0) is 20.1. The maximum absolute atomic E-state index is 12.1. The lowest BCUT2D eigenvalue weighted by Crippen LogP contribution is -2.13. The first-order chi connectivity index (χ1) is 13.3. The van der Waals surface area contributed by atoms with Gasteiger partial charge in [-0.1, -0.05) is 60.2 Å². The van der Waals surface area contributed by atoms with Gasteiger partial charge in [0.2, 0.25) is 15.9 Å². The molecule has 142 valence electrons. The van der Waals surface area contributed by atoms with Crippen molar-refractivity contribution in [2.45, 2.75) is 11.8 Å². The summed E-state index contributed by atoms with van der Waals surface area (Å²) in [6, 6.07) is 21.3. The fourth-order valence-electron chi connectivity index (χ4n) is 2.82. The van der Waals surface area contributed by atoms with Crippen LogP contribution in [0.3, 0.4) is 0 Å². The van der Waals surface area contributed by atoms with E-state index in [2.05, 4.69) is 5.32 Å². The lowest BCUT2D eigenvalue weighted by atomic mass is 10.1. The average molecular weight is 392 g/mol. The average Bonchev–Trinajstić information content (AvgIpc) is 2.66. The second kappa shape index (κ2) is 8.21. The molecule has 0 radical (unpaired) electrons. The zero-order valence-electron chi connectivity index (χ0n) is 15.3. The molecular formula is C22H20N2O3S. The number of sulfonamides is 1. The van der Waals surface area contributed by atoms with Gasteiger partial charge in [-0.3, -0.25) is 4.79 Å². The van der Waals surface area contributed by atoms with Gasteiger partial charge in [-0.15, -0.1) is 0 Å². The van der Waals surface area contributed by atoms with Crippen LogP contribution in [0.1, 0.15) is 11.1 Å². The summed E-state index contributed by atoms with van der Waals surface area (Å²) in [5, 5.41) is 8.07. The molecule has 1 amide bonds. The fourth-order valence-corrected chi connectivity index (χ4v) is 3.58. The molecule has 0 bridgehead atoms. The second-order valence-corrected chi connectivity index (χ2v) is 7.89. The number of rotatable bonds is 5. The van der Waals surface area contributed by atoms with Crippen LogP contribution in [-0.4, -0.2) is 14.3 Å². The first-order valence-corrected chi connectivity index (χ1v) is 10.2. The third-order valence-electron chi connectivity index (χ3n) is 4.13. The Bertz CT molecular complexity index is 1130. The molecule has 3 aromatic carbocycles. The molecule has 28 heavy (non-hydrogen) atoms. The van der Waals surface area contributed by atoms with Crippen molar-refractivity contribution in [3.63, 3.8) is 0 Å². The summed E-state index contributed by atoms with van der Waals surface area (Å²) in [7, 11) is -3.83. The standard InChI is InChI=1S/C22H20N2O3S/c1-16-5-4-6-17(15-16)9-14-22(25)24-19-12-10-18(11-13-19)20-7-2-3-8-21(20)28(23,26)27/h2-15H,1H3,(H,24,25)(H2,23,26,27)/b14-9+. The van der Waals surface area contributed by atoms with E-state index in [4.69, 9.17) is 5.14 Å². The third kappa shape index (κ3) is 4.94. The first kappa shape index (κ1) is 19.5. The highest BCUT2D eigenvalue weighted by Gasteiger charge is 2.14. The summed E-state index contributed by atoms with van der Waals surface area (Å²) in [5.74, 6) is -0.251. The molecule has 0 atom stereocenters. The van der Waals surface area contributed by atoms with E-state index in [1.165, 1.54) is 12.1 Å². The molecule has 0 saturated carbocycles. The highest BCUT2D eigenvalue weighted by molar-refractivity contribution is 7.89. The Kier molecular flexibility index (Phi) is 5.73. The third-order valence-corrected chi connectivity index (χ3v) is 5.10. The van der Waals surface area contributed by atoms with E-state index in [-0.39, 0.29) is 10.8 Å². The normalized spacial score (nSPS) is 11.5. The number of nitrogens with two attached hydrogens (primary N) is 1. The van der Waals surface area contributed by atoms with Crippen LogP contribution in [-0.2, 0) is 14.8 Å². The molecule has 0 spiro atoms. The van der Waals surface area contributed by atoms with Gasteiger partial charge in [0.15, 0.2) is 0 Å². The van der Waals surface area contributed by atoms with Crippen LogP contribution in [0.25, 0.3) is 17.2 Å². The number of hydrogen-bond donors (Lipinski definition) is 2. The minimum Gasteiger partial charge on any atom is -0.323 e. The Hall–Kier alpha value is -3.22. The number of benzene rings is 3. The minimum atomic E-state index is -3.83. The van der Waals surface area contributed by atoms with Gasteiger partial charge in [-0.2, -0.15) is 0 Å². The molecule has 3 aromatic rings. The lowest BCUT2D eigenvalue weighted by molar-refractivity contribution is -0.111. The van der Waals surface area contributed by atoms with Crippen molar-refractivity contribution < 1.29 is 13.2 Å². The second-order valence-electron chi connectivity index (χ2n) is 6.36. The lowest BCUT2D eigenvalue weighted by Gasteiger charge is -2.09. The molecular weight excluding hydrogens is 372 g/mol. The predicted octanol–water partition coefficient (Wildman–Crippen LogP) is 3.96. The van der Waals surface area contributed by atoms with E-state index >= 15 is 0 Å². The summed E-state index contributed by atoms with van der Waals surface area (Å²) in [6.07, 6.45) is 3.22. The van der Waals surface area contributed by atoms with Gasteiger partial charge in [0.25, 0.3) is 0 Å². The molecule has 3 N–H and O–H groups in total. The van der Waals surface area contributed by atoms with Gasteiger partial charge >= 0.3 is 0 Å². The highest BCUT2D eigenvalue weighted by Crippen LogP contribution is 2.27. The Morgan fingerprint density at radius 2 is 1.68 bits per heavy atom. The number of nitrogens with one attached hydrogen (secondary N) is 1. The van der Waals surface area contributed by atoms with Gasteiger partial charge < -0.3 is 5.32 Å². The summed E-state index contributed by atoms with van der Waals surface area (Å²) in [6.45, 7) is 1.99. The van der Waals surface area contributed by atoms with Crippen LogP contribution >= 0.6 is 0 Å². The zero-order valence-corrected chi connectivity index (χ0v) is 16.1. The summed E-state index contributed by atoms with van der Waals surface area (Å²) >= 11 is 0. The molecule has 5 nitrogen and oxygen atoms in total. The maximum atomic E-state index is 12.1. The molecule has 0 aromatic heterocycles. The van der Waals surface area contributed by atoms with Crippen molar-refractivity contribution in [3.8, 4) is 11.1 Å². The molecule has 0 heterocycles. The Morgan fingerprint density at radius 3 is 2.36 bits per heavy atom. The van der Waals surface area contributed by atoms with E-state index < -0.39 is 10.0 Å². The molecule has 0 fully saturated rings. The largest absolute Gasteiger partial charge is 0.323 e. The number of anilines is 1. The van der Waals surface area contributed by atoms with Gasteiger partial charge in [-0.25, -0.2) is 13.6 Å². The van der Waals surface area contributed by atoms with Crippen LogP contribution in [0.5, 0.6) is 0 Å². The number of amides is 1. The summed E-state index contributed by atoms with van der Waals surface area (Å²) in [4.78, 5) is 12.2. The van der Waals surface area contributed by atoms with E-state index in [9.17, 15) is 13.2 Å². The topological polar surface area (TPSA) is 89.3 Å². The van der Waals surface area contributed by atoms with Crippen LogP contribution in [0, 0.1) is 6.92 Å². The summed E-state index contributed by atoms with van der Waals surface area (Å²) in [5.41, 5.74) is 3.89. The monoisotopic (exact) mass is 392 g/mol. The molecule has 0 aliphatic heterocycles. The van der Waals surface area contributed by atoms with Crippen molar-refractivity contribution >= 4 is 27.7 Å². The molecule has 0 unspecified atom stereocenters. The van der Waals surface area contributed by atoms with E-state index in [1.807, 2.05) is 31.2 Å². The Balaban J connectivity index is 1.74. The highest BCUT2D eigenvalue weighted by atomic mass is 32.2. The van der Waals surface area contributed by atoms with Gasteiger partial charge in [0.1, 0.15) is 0 Å². The Labute approximate surface area is 164 Å². The van der Waals surface area contributed by atoms with Crippen LogP contribution in [0.15, 0.2) is 83.8 Å². The first-order valence-electron chi connectivity index (χ1n) is 8.61. The predicted molar refractivity (Wildman–Crippen MR) is 112 cm³/mol. The number of hydrogen-bond acceptors (Lipinski definition) is 3. The molecule has 3 rings (SSSR count). The van der Waals surface area contributed by atoms with E-state index in [0.29, 0.717) is 16.8 Å². The van der Waals surface area contributed by atoms with Crippen molar-refractivity contribution in [1.29, 1.82) is 0 Å². The van der Waals surface area contributed by atoms with E-state index in [1.54, 1.807) is 48.5 Å². The molecule has 0 saturated heterocycles. The van der Waals surface area contributed by atoms with Crippen LogP contribution < -0.4 is 10.5 Å². The Morgan fingerprint density at radius 1 is 0.964 bits per heavy atom. The van der Waals surface area contributed by atoms with Gasteiger partial charge in [0.05, 0.1) is 4.90 Å². The smallest absolute Gasteiger partial charge is 0.248 e. The minimum absolute atomic E-state index is 0.0628. The number of primary sulfonamides is 1. The molecule has 0 aliphatic carbocycles. The SMILES string of the molecule is Cc1cccc(/C=C/C(=O)Nc2ccc(-c3ccccc3S(N)(=O)=O)cc2)c1. The number of carbonyl (C=O) groups excluding carboxylic acids is 1. The number of carbonyl (C=O) groups is 1. The van der Waals surface area contributed by atoms with Gasteiger partial charge in [0, 0.05) is 17.3 Å². The summed E-state index contributed by atoms with van der Waals surface area (Å²) < 4.78 is 23.5. The van der Waals surface area contributed by atoms with Crippen molar-refractivity contribution in [2.75, 3.05) is 5.32 Å². The fraction of sp³-hybridized carbons (Fsp3) is 0.0455. The van der Waals surface area contributed by atoms with Crippen molar-refractivity contribution in [3.05, 3.63) is 90.0 Å². The van der Waals surface area contributed by atoms with Crippen molar-refractivity contribution in [2.24, 2.45) is 5.14 Å². The van der Waals surface area contributed by atoms with Crippen LogP contribution in [0.2, 0.25) is 0 Å². The quantitative estimate of drug-likeness (QED) is 0.644. The molecule has 6 heteroatoms.